The second-order valence-electron chi connectivity index (χ2n) is 3.30. The smallest absolute Gasteiger partial charge is 0.119 e. The van der Waals surface area contributed by atoms with E-state index in [4.69, 9.17) is 9.84 Å². The fourth-order valence-corrected chi connectivity index (χ4v) is 0.982. The van der Waals surface area contributed by atoms with Crippen molar-refractivity contribution in [3.63, 3.8) is 0 Å². The van der Waals surface area contributed by atoms with E-state index in [1.165, 1.54) is 5.56 Å². The number of hydrogen-bond donors (Lipinski definition) is 1. The third-order valence-electron chi connectivity index (χ3n) is 1.83. The zero-order valence-electron chi connectivity index (χ0n) is 8.16. The number of aryl methyl sites for hydroxylation is 1. The van der Waals surface area contributed by atoms with Crippen molar-refractivity contribution in [3.05, 3.63) is 29.8 Å². The van der Waals surface area contributed by atoms with Crippen molar-refractivity contribution in [1.29, 1.82) is 0 Å². The van der Waals surface area contributed by atoms with Gasteiger partial charge in [0.25, 0.3) is 0 Å². The molecule has 0 radical (unpaired) electrons. The van der Waals surface area contributed by atoms with Gasteiger partial charge in [0, 0.05) is 6.42 Å². The van der Waals surface area contributed by atoms with Gasteiger partial charge < -0.3 is 9.84 Å². The van der Waals surface area contributed by atoms with Crippen LogP contribution >= 0.6 is 0 Å². The lowest BCUT2D eigenvalue weighted by atomic mass is 10.2. The Morgan fingerprint density at radius 3 is 2.46 bits per heavy atom. The number of aliphatic hydroxyl groups is 1. The quantitative estimate of drug-likeness (QED) is 0.769. The highest BCUT2D eigenvalue weighted by atomic mass is 16.5. The number of rotatable bonds is 4. The third kappa shape index (κ3) is 3.95. The zero-order valence-corrected chi connectivity index (χ0v) is 8.16. The van der Waals surface area contributed by atoms with Crippen LogP contribution in [-0.4, -0.2) is 17.8 Å². The molecule has 0 saturated heterocycles. The summed E-state index contributed by atoms with van der Waals surface area (Å²) in [5.41, 5.74) is 1.22. The lowest BCUT2D eigenvalue weighted by Gasteiger charge is -2.07. The average molecular weight is 180 g/mol. The normalized spacial score (nSPS) is 12.5. The van der Waals surface area contributed by atoms with Crippen LogP contribution in [0.4, 0.5) is 0 Å². The van der Waals surface area contributed by atoms with Gasteiger partial charge in [-0.1, -0.05) is 17.7 Å². The maximum Gasteiger partial charge on any atom is 0.119 e. The minimum absolute atomic E-state index is 0.287. The summed E-state index contributed by atoms with van der Waals surface area (Å²) < 4.78 is 5.41. The van der Waals surface area contributed by atoms with Crippen LogP contribution in [0.25, 0.3) is 0 Å². The second kappa shape index (κ2) is 4.87. The summed E-state index contributed by atoms with van der Waals surface area (Å²) in [6.45, 7) is 4.37. The molecule has 0 aliphatic rings. The van der Waals surface area contributed by atoms with Crippen LogP contribution in [0, 0.1) is 6.92 Å². The number of hydrogen-bond acceptors (Lipinski definition) is 2. The van der Waals surface area contributed by atoms with E-state index >= 15 is 0 Å². The predicted molar refractivity (Wildman–Crippen MR) is 53.0 cm³/mol. The number of ether oxygens (including phenoxy) is 1. The van der Waals surface area contributed by atoms with Crippen molar-refractivity contribution < 1.29 is 9.84 Å². The molecule has 1 rings (SSSR count). The Hall–Kier alpha value is -1.02. The summed E-state index contributed by atoms with van der Waals surface area (Å²) in [6, 6.07) is 7.91. The Balaban J connectivity index is 2.33. The molecule has 0 aliphatic carbocycles. The fraction of sp³-hybridized carbons (Fsp3) is 0.455. The third-order valence-corrected chi connectivity index (χ3v) is 1.83. The zero-order chi connectivity index (χ0) is 9.68. The van der Waals surface area contributed by atoms with Gasteiger partial charge in [-0.15, -0.1) is 0 Å². The minimum atomic E-state index is -0.287. The lowest BCUT2D eigenvalue weighted by Crippen LogP contribution is -2.07. The van der Waals surface area contributed by atoms with Gasteiger partial charge >= 0.3 is 0 Å². The first-order valence-electron chi connectivity index (χ1n) is 4.56. The number of aliphatic hydroxyl groups excluding tert-OH is 1. The maximum atomic E-state index is 8.99. The van der Waals surface area contributed by atoms with Crippen LogP contribution < -0.4 is 4.74 Å². The van der Waals surface area contributed by atoms with E-state index in [0.29, 0.717) is 13.0 Å². The van der Waals surface area contributed by atoms with Gasteiger partial charge in [-0.3, -0.25) is 0 Å². The van der Waals surface area contributed by atoms with E-state index in [1.54, 1.807) is 6.92 Å². The van der Waals surface area contributed by atoms with Crippen molar-refractivity contribution in [2.24, 2.45) is 0 Å². The standard InChI is InChI=1S/C11H16O2/c1-9-3-5-11(6-4-9)13-8-7-10(2)12/h3-6,10,12H,7-8H2,1-2H3/t10-/m0/s1. The predicted octanol–water partition coefficient (Wildman–Crippen LogP) is 2.14. The lowest BCUT2D eigenvalue weighted by molar-refractivity contribution is 0.155. The van der Waals surface area contributed by atoms with E-state index in [2.05, 4.69) is 0 Å². The molecule has 0 aliphatic heterocycles. The van der Waals surface area contributed by atoms with Gasteiger partial charge in [0.05, 0.1) is 12.7 Å². The Morgan fingerprint density at radius 2 is 1.92 bits per heavy atom. The van der Waals surface area contributed by atoms with Gasteiger partial charge in [0.15, 0.2) is 0 Å². The molecule has 72 valence electrons. The Labute approximate surface area is 79.2 Å². The van der Waals surface area contributed by atoms with Crippen molar-refractivity contribution in [3.8, 4) is 5.75 Å². The van der Waals surface area contributed by atoms with Crippen LogP contribution in [-0.2, 0) is 0 Å². The first-order valence-corrected chi connectivity index (χ1v) is 4.56. The van der Waals surface area contributed by atoms with Crippen LogP contribution in [0.2, 0.25) is 0 Å². The van der Waals surface area contributed by atoms with Crippen molar-refractivity contribution >= 4 is 0 Å². The highest BCUT2D eigenvalue weighted by Crippen LogP contribution is 2.11. The molecule has 0 amide bonds. The largest absolute Gasteiger partial charge is 0.493 e. The molecule has 0 spiro atoms. The van der Waals surface area contributed by atoms with Gasteiger partial charge in [0.2, 0.25) is 0 Å². The van der Waals surface area contributed by atoms with E-state index in [-0.39, 0.29) is 6.10 Å². The Morgan fingerprint density at radius 1 is 1.31 bits per heavy atom. The molecule has 0 unspecified atom stereocenters. The first kappa shape index (κ1) is 10.1. The monoisotopic (exact) mass is 180 g/mol. The Kier molecular flexibility index (Phi) is 3.77. The molecule has 0 aromatic heterocycles. The highest BCUT2D eigenvalue weighted by Gasteiger charge is 1.96. The second-order valence-corrected chi connectivity index (χ2v) is 3.30. The molecule has 1 N–H and O–H groups in total. The van der Waals surface area contributed by atoms with Gasteiger partial charge in [-0.25, -0.2) is 0 Å². The summed E-state index contributed by atoms with van der Waals surface area (Å²) in [5, 5.41) is 8.99. The molecule has 1 aromatic rings. The topological polar surface area (TPSA) is 29.5 Å². The van der Waals surface area contributed by atoms with E-state index in [1.807, 2.05) is 31.2 Å². The van der Waals surface area contributed by atoms with Gasteiger partial charge in [0.1, 0.15) is 5.75 Å². The van der Waals surface area contributed by atoms with Gasteiger partial charge in [-0.2, -0.15) is 0 Å². The molecular formula is C11H16O2. The molecule has 1 atom stereocenters. The average Bonchev–Trinajstić information content (AvgIpc) is 2.08. The van der Waals surface area contributed by atoms with Crippen LogP contribution in [0.3, 0.4) is 0 Å². The summed E-state index contributed by atoms with van der Waals surface area (Å²) >= 11 is 0. The van der Waals surface area contributed by atoms with Crippen LogP contribution in [0.5, 0.6) is 5.75 Å². The summed E-state index contributed by atoms with van der Waals surface area (Å²) in [6.07, 6.45) is 0.388. The summed E-state index contributed by atoms with van der Waals surface area (Å²) in [4.78, 5) is 0. The SMILES string of the molecule is Cc1ccc(OCC[C@H](C)O)cc1. The molecular weight excluding hydrogens is 164 g/mol. The summed E-state index contributed by atoms with van der Waals surface area (Å²) in [5.74, 6) is 0.867. The molecule has 0 fully saturated rings. The molecule has 2 heteroatoms. The first-order chi connectivity index (χ1) is 6.18. The molecule has 0 heterocycles. The molecule has 0 bridgehead atoms. The molecule has 13 heavy (non-hydrogen) atoms. The number of benzene rings is 1. The highest BCUT2D eigenvalue weighted by molar-refractivity contribution is 5.26. The maximum absolute atomic E-state index is 8.99. The van der Waals surface area contributed by atoms with E-state index in [9.17, 15) is 0 Å². The fourth-order valence-electron chi connectivity index (χ4n) is 0.982. The van der Waals surface area contributed by atoms with Crippen LogP contribution in [0.15, 0.2) is 24.3 Å². The minimum Gasteiger partial charge on any atom is -0.493 e. The Bertz CT molecular complexity index is 239. The molecule has 0 saturated carbocycles. The van der Waals surface area contributed by atoms with E-state index in [0.717, 1.165) is 5.75 Å². The van der Waals surface area contributed by atoms with Crippen LogP contribution in [0.1, 0.15) is 18.9 Å². The van der Waals surface area contributed by atoms with Crippen molar-refractivity contribution in [2.45, 2.75) is 26.4 Å². The van der Waals surface area contributed by atoms with Gasteiger partial charge in [-0.05, 0) is 26.0 Å². The molecule has 2 nitrogen and oxygen atoms in total. The molecule has 1 aromatic carbocycles. The van der Waals surface area contributed by atoms with Crippen molar-refractivity contribution in [1.82, 2.24) is 0 Å². The summed E-state index contributed by atoms with van der Waals surface area (Å²) in [7, 11) is 0. The van der Waals surface area contributed by atoms with E-state index < -0.39 is 0 Å². The van der Waals surface area contributed by atoms with Crippen molar-refractivity contribution in [2.75, 3.05) is 6.61 Å².